The van der Waals surface area contributed by atoms with Gasteiger partial charge in [-0.05, 0) is 11.6 Å². The van der Waals surface area contributed by atoms with Crippen molar-refractivity contribution in [3.8, 4) is 0 Å². The maximum atomic E-state index is 12.3. The summed E-state index contributed by atoms with van der Waals surface area (Å²) in [5.41, 5.74) is 0.932. The molecule has 1 aliphatic rings. The lowest BCUT2D eigenvalue weighted by Gasteiger charge is -2.35. The molecule has 0 aromatic carbocycles. The Labute approximate surface area is 115 Å². The molecule has 19 heavy (non-hydrogen) atoms. The molecule has 2 heterocycles. The van der Waals surface area contributed by atoms with E-state index in [2.05, 4.69) is 4.98 Å². The molecule has 0 bridgehead atoms. The van der Waals surface area contributed by atoms with Crippen molar-refractivity contribution in [1.29, 1.82) is 0 Å². The van der Waals surface area contributed by atoms with Crippen molar-refractivity contribution in [2.75, 3.05) is 37.6 Å². The summed E-state index contributed by atoms with van der Waals surface area (Å²) in [6.45, 7) is 1.09. The monoisotopic (exact) mass is 293 g/mol. The fourth-order valence-corrected chi connectivity index (χ4v) is 2.23. The van der Waals surface area contributed by atoms with Gasteiger partial charge in [0.05, 0.1) is 6.54 Å². The number of hydrogen-bond donors (Lipinski definition) is 0. The van der Waals surface area contributed by atoms with Crippen LogP contribution in [0, 0.1) is 0 Å². The molecule has 1 aliphatic heterocycles. The number of nitrogens with zero attached hydrogens (tertiary/aromatic N) is 3. The lowest BCUT2D eigenvalue weighted by Crippen LogP contribution is -2.49. The summed E-state index contributed by atoms with van der Waals surface area (Å²) in [6.07, 6.45) is -2.42. The molecule has 0 atom stereocenters. The number of aromatic nitrogens is 1. The van der Waals surface area contributed by atoms with E-state index in [0.717, 1.165) is 11.4 Å². The van der Waals surface area contributed by atoms with Gasteiger partial charge in [-0.3, -0.25) is 4.90 Å². The number of anilines is 1. The summed E-state index contributed by atoms with van der Waals surface area (Å²) in [6, 6.07) is 3.74. The second-order valence-electron chi connectivity index (χ2n) is 4.54. The maximum Gasteiger partial charge on any atom is 0.401 e. The van der Waals surface area contributed by atoms with Crippen LogP contribution in [0.2, 0.25) is 0 Å². The number of rotatable bonds is 3. The molecule has 0 aliphatic carbocycles. The van der Waals surface area contributed by atoms with E-state index >= 15 is 0 Å². The molecule has 1 saturated heterocycles. The maximum absolute atomic E-state index is 12.3. The summed E-state index contributed by atoms with van der Waals surface area (Å²) in [5, 5.41) is 0. The van der Waals surface area contributed by atoms with E-state index in [0.29, 0.717) is 32.1 Å². The van der Waals surface area contributed by atoms with Crippen LogP contribution in [0.3, 0.4) is 0 Å². The summed E-state index contributed by atoms with van der Waals surface area (Å²) in [4.78, 5) is 7.68. The molecule has 7 heteroatoms. The van der Waals surface area contributed by atoms with Crippen molar-refractivity contribution < 1.29 is 13.2 Å². The van der Waals surface area contributed by atoms with Gasteiger partial charge in [0.2, 0.25) is 0 Å². The third-order valence-corrected chi connectivity index (χ3v) is 3.37. The second kappa shape index (κ2) is 5.96. The molecule has 1 aromatic rings. The normalized spacial score (nSPS) is 17.8. The van der Waals surface area contributed by atoms with Crippen molar-refractivity contribution in [1.82, 2.24) is 9.88 Å². The summed E-state index contributed by atoms with van der Waals surface area (Å²) in [5.74, 6) is 1.20. The highest BCUT2D eigenvalue weighted by Crippen LogP contribution is 2.19. The zero-order valence-corrected chi connectivity index (χ0v) is 11.1. The first-order valence-corrected chi connectivity index (χ1v) is 6.56. The Morgan fingerprint density at radius 3 is 2.32 bits per heavy atom. The predicted molar refractivity (Wildman–Crippen MR) is 68.5 cm³/mol. The first-order valence-electron chi connectivity index (χ1n) is 6.03. The minimum Gasteiger partial charge on any atom is -0.354 e. The van der Waals surface area contributed by atoms with E-state index in [1.165, 1.54) is 4.90 Å². The topological polar surface area (TPSA) is 19.4 Å². The van der Waals surface area contributed by atoms with Gasteiger partial charge in [0.15, 0.2) is 0 Å². The first kappa shape index (κ1) is 14.4. The van der Waals surface area contributed by atoms with Crippen molar-refractivity contribution in [3.63, 3.8) is 0 Å². The summed E-state index contributed by atoms with van der Waals surface area (Å²) >= 11 is 5.68. The third kappa shape index (κ3) is 4.24. The number of piperazine rings is 1. The molecule has 1 fully saturated rings. The summed E-state index contributed by atoms with van der Waals surface area (Å²) < 4.78 is 36.8. The highest BCUT2D eigenvalue weighted by atomic mass is 35.5. The van der Waals surface area contributed by atoms with Crippen LogP contribution in [0.25, 0.3) is 0 Å². The van der Waals surface area contributed by atoms with E-state index in [1.807, 2.05) is 17.0 Å². The van der Waals surface area contributed by atoms with Crippen LogP contribution in [-0.4, -0.2) is 48.8 Å². The minimum absolute atomic E-state index is 0.401. The molecular weight excluding hydrogens is 279 g/mol. The number of pyridine rings is 1. The number of halogens is 4. The van der Waals surface area contributed by atoms with Crippen molar-refractivity contribution >= 4 is 17.4 Å². The van der Waals surface area contributed by atoms with Crippen LogP contribution < -0.4 is 4.90 Å². The average Bonchev–Trinajstić information content (AvgIpc) is 2.38. The Morgan fingerprint density at radius 1 is 1.16 bits per heavy atom. The largest absolute Gasteiger partial charge is 0.401 e. The van der Waals surface area contributed by atoms with Crippen LogP contribution >= 0.6 is 11.6 Å². The highest BCUT2D eigenvalue weighted by Gasteiger charge is 2.32. The van der Waals surface area contributed by atoms with E-state index in [9.17, 15) is 13.2 Å². The van der Waals surface area contributed by atoms with Gasteiger partial charge in [-0.2, -0.15) is 13.2 Å². The predicted octanol–water partition coefficient (Wildman–Crippen LogP) is 2.50. The standard InChI is InChI=1S/C12H15ClF3N3/c13-7-10-1-2-11(17-8-10)19-5-3-18(4-6-19)9-12(14,15)16/h1-2,8H,3-7,9H2. The van der Waals surface area contributed by atoms with Crippen molar-refractivity contribution in [3.05, 3.63) is 23.9 Å². The van der Waals surface area contributed by atoms with Crippen LogP contribution in [0.5, 0.6) is 0 Å². The number of hydrogen-bond acceptors (Lipinski definition) is 3. The molecule has 0 radical (unpaired) electrons. The Hall–Kier alpha value is -1.01. The Morgan fingerprint density at radius 2 is 1.84 bits per heavy atom. The van der Waals surface area contributed by atoms with Crippen LogP contribution in [0.1, 0.15) is 5.56 Å². The highest BCUT2D eigenvalue weighted by molar-refractivity contribution is 6.17. The molecule has 1 aromatic heterocycles. The smallest absolute Gasteiger partial charge is 0.354 e. The molecular formula is C12H15ClF3N3. The molecule has 0 saturated carbocycles. The van der Waals surface area contributed by atoms with Gasteiger partial charge in [-0.25, -0.2) is 4.98 Å². The second-order valence-corrected chi connectivity index (χ2v) is 4.80. The van der Waals surface area contributed by atoms with E-state index in [1.54, 1.807) is 6.20 Å². The first-order chi connectivity index (χ1) is 8.98. The van der Waals surface area contributed by atoms with Crippen LogP contribution in [0.4, 0.5) is 19.0 Å². The quantitative estimate of drug-likeness (QED) is 0.798. The Bertz CT molecular complexity index is 400. The molecule has 0 N–H and O–H groups in total. The van der Waals surface area contributed by atoms with Gasteiger partial charge in [0.25, 0.3) is 0 Å². The Kier molecular flexibility index (Phi) is 4.52. The molecule has 0 spiro atoms. The van der Waals surface area contributed by atoms with Gasteiger partial charge >= 0.3 is 6.18 Å². The Balaban J connectivity index is 1.88. The van der Waals surface area contributed by atoms with Crippen molar-refractivity contribution in [2.24, 2.45) is 0 Å². The lowest BCUT2D eigenvalue weighted by molar-refractivity contribution is -0.146. The van der Waals surface area contributed by atoms with Crippen molar-refractivity contribution in [2.45, 2.75) is 12.1 Å². The van der Waals surface area contributed by atoms with Crippen LogP contribution in [-0.2, 0) is 5.88 Å². The van der Waals surface area contributed by atoms with Gasteiger partial charge in [0, 0.05) is 38.3 Å². The number of alkyl halides is 4. The minimum atomic E-state index is -4.12. The third-order valence-electron chi connectivity index (χ3n) is 3.06. The molecule has 2 rings (SSSR count). The van der Waals surface area contributed by atoms with Gasteiger partial charge in [-0.15, -0.1) is 11.6 Å². The molecule has 3 nitrogen and oxygen atoms in total. The fourth-order valence-electron chi connectivity index (χ4n) is 2.07. The van der Waals surface area contributed by atoms with E-state index in [-0.39, 0.29) is 0 Å². The zero-order valence-electron chi connectivity index (χ0n) is 10.3. The molecule has 0 amide bonds. The van der Waals surface area contributed by atoms with Crippen LogP contribution in [0.15, 0.2) is 18.3 Å². The lowest BCUT2D eigenvalue weighted by atomic mass is 10.2. The zero-order chi connectivity index (χ0) is 13.9. The molecule has 106 valence electrons. The molecule has 0 unspecified atom stereocenters. The fraction of sp³-hybridized carbons (Fsp3) is 0.583. The average molecular weight is 294 g/mol. The SMILES string of the molecule is FC(F)(F)CN1CCN(c2ccc(CCl)cn2)CC1. The van der Waals surface area contributed by atoms with E-state index < -0.39 is 12.7 Å². The van der Waals surface area contributed by atoms with E-state index in [4.69, 9.17) is 11.6 Å². The van der Waals surface area contributed by atoms with Gasteiger partial charge in [0.1, 0.15) is 5.82 Å². The van der Waals surface area contributed by atoms with Gasteiger partial charge < -0.3 is 4.90 Å². The van der Waals surface area contributed by atoms with Gasteiger partial charge in [-0.1, -0.05) is 6.07 Å². The summed E-state index contributed by atoms with van der Waals surface area (Å²) in [7, 11) is 0.